The van der Waals surface area contributed by atoms with Gasteiger partial charge in [0.25, 0.3) is 0 Å². The lowest BCUT2D eigenvalue weighted by Crippen LogP contribution is -2.20. The Balaban J connectivity index is 2.85. The number of hydrogen-bond donors (Lipinski definition) is 2. The van der Waals surface area contributed by atoms with E-state index >= 15 is 0 Å². The highest BCUT2D eigenvalue weighted by molar-refractivity contribution is 5.14. The second-order valence-corrected chi connectivity index (χ2v) is 2.46. The minimum absolute atomic E-state index is 0.0678. The molecule has 2 N–H and O–H groups in total. The molecule has 0 aliphatic carbocycles. The first kappa shape index (κ1) is 9.09. The van der Waals surface area contributed by atoms with Gasteiger partial charge in [-0.3, -0.25) is 4.98 Å². The summed E-state index contributed by atoms with van der Waals surface area (Å²) in [5.74, 6) is -0.388. The standard InChI is InChI=1S/C8H11FN2O/c1-10-8(5-12)6-2-7(9)4-11-3-6/h2-4,8,10,12H,5H2,1H3/t8-/m1/s1. The molecule has 66 valence electrons. The van der Waals surface area contributed by atoms with Crippen LogP contribution in [0.5, 0.6) is 0 Å². The number of aromatic nitrogens is 1. The Kier molecular flexibility index (Phi) is 3.13. The third kappa shape index (κ3) is 1.99. The van der Waals surface area contributed by atoms with Gasteiger partial charge >= 0.3 is 0 Å². The minimum Gasteiger partial charge on any atom is -0.394 e. The molecule has 1 atom stereocenters. The summed E-state index contributed by atoms with van der Waals surface area (Å²) < 4.78 is 12.6. The van der Waals surface area contributed by atoms with Gasteiger partial charge in [0.2, 0.25) is 0 Å². The minimum atomic E-state index is -0.388. The molecular weight excluding hydrogens is 159 g/mol. The topological polar surface area (TPSA) is 45.1 Å². The van der Waals surface area contributed by atoms with E-state index in [1.165, 1.54) is 12.3 Å². The van der Waals surface area contributed by atoms with Crippen LogP contribution in [0.2, 0.25) is 0 Å². The Morgan fingerprint density at radius 2 is 2.42 bits per heavy atom. The van der Waals surface area contributed by atoms with Gasteiger partial charge in [-0.25, -0.2) is 4.39 Å². The van der Waals surface area contributed by atoms with E-state index in [0.717, 1.165) is 6.20 Å². The molecule has 1 aromatic rings. The zero-order valence-electron chi connectivity index (χ0n) is 6.79. The fourth-order valence-electron chi connectivity index (χ4n) is 0.982. The molecule has 3 nitrogen and oxygen atoms in total. The summed E-state index contributed by atoms with van der Waals surface area (Å²) >= 11 is 0. The van der Waals surface area contributed by atoms with Gasteiger partial charge in [-0.1, -0.05) is 0 Å². The molecule has 12 heavy (non-hydrogen) atoms. The number of aliphatic hydroxyl groups excluding tert-OH is 1. The van der Waals surface area contributed by atoms with Crippen LogP contribution in [-0.4, -0.2) is 23.7 Å². The molecular formula is C8H11FN2O. The zero-order chi connectivity index (χ0) is 8.97. The summed E-state index contributed by atoms with van der Waals surface area (Å²) in [5, 5.41) is 11.7. The maximum atomic E-state index is 12.6. The summed E-state index contributed by atoms with van der Waals surface area (Å²) in [6.07, 6.45) is 2.66. The average molecular weight is 170 g/mol. The first-order valence-electron chi connectivity index (χ1n) is 3.66. The molecule has 0 aliphatic heterocycles. The van der Waals surface area contributed by atoms with Crippen molar-refractivity contribution < 1.29 is 9.50 Å². The van der Waals surface area contributed by atoms with Gasteiger partial charge in [0.1, 0.15) is 5.82 Å². The van der Waals surface area contributed by atoms with Crippen molar-refractivity contribution in [1.29, 1.82) is 0 Å². The Hall–Kier alpha value is -1.00. The van der Waals surface area contributed by atoms with Gasteiger partial charge in [-0.2, -0.15) is 0 Å². The first-order valence-corrected chi connectivity index (χ1v) is 3.66. The number of rotatable bonds is 3. The number of likely N-dealkylation sites (N-methyl/N-ethyl adjacent to an activating group) is 1. The van der Waals surface area contributed by atoms with Crippen LogP contribution in [-0.2, 0) is 0 Å². The monoisotopic (exact) mass is 170 g/mol. The molecule has 0 aliphatic rings. The number of pyridine rings is 1. The fraction of sp³-hybridized carbons (Fsp3) is 0.375. The van der Waals surface area contributed by atoms with Crippen molar-refractivity contribution in [1.82, 2.24) is 10.3 Å². The first-order chi connectivity index (χ1) is 5.77. The Morgan fingerprint density at radius 1 is 1.67 bits per heavy atom. The lowest BCUT2D eigenvalue weighted by Gasteiger charge is -2.12. The Morgan fingerprint density at radius 3 is 2.92 bits per heavy atom. The normalized spacial score (nSPS) is 12.9. The molecule has 1 rings (SSSR count). The van der Waals surface area contributed by atoms with Gasteiger partial charge in [0.15, 0.2) is 0 Å². The van der Waals surface area contributed by atoms with E-state index in [4.69, 9.17) is 5.11 Å². The highest BCUT2D eigenvalue weighted by Gasteiger charge is 2.07. The fourth-order valence-corrected chi connectivity index (χ4v) is 0.982. The SMILES string of the molecule is CN[C@H](CO)c1cncc(F)c1. The summed E-state index contributed by atoms with van der Waals surface area (Å²) in [6.45, 7) is -0.0678. The smallest absolute Gasteiger partial charge is 0.141 e. The Labute approximate surface area is 70.3 Å². The second kappa shape index (κ2) is 4.13. The molecule has 0 aromatic carbocycles. The van der Waals surface area contributed by atoms with Crippen LogP contribution in [0.3, 0.4) is 0 Å². The molecule has 4 heteroatoms. The molecule has 1 aromatic heterocycles. The molecule has 0 radical (unpaired) electrons. The van der Waals surface area contributed by atoms with Crippen LogP contribution in [0.1, 0.15) is 11.6 Å². The van der Waals surface area contributed by atoms with Gasteiger partial charge in [-0.05, 0) is 18.7 Å². The zero-order valence-corrected chi connectivity index (χ0v) is 6.79. The molecule has 0 spiro atoms. The van der Waals surface area contributed by atoms with Gasteiger partial charge in [0.05, 0.1) is 18.8 Å². The summed E-state index contributed by atoms with van der Waals surface area (Å²) in [6, 6.07) is 1.11. The highest BCUT2D eigenvalue weighted by atomic mass is 19.1. The number of hydrogen-bond acceptors (Lipinski definition) is 3. The van der Waals surface area contributed by atoms with Crippen molar-refractivity contribution in [2.24, 2.45) is 0 Å². The number of nitrogens with zero attached hydrogens (tertiary/aromatic N) is 1. The number of nitrogens with one attached hydrogen (secondary N) is 1. The van der Waals surface area contributed by atoms with Crippen molar-refractivity contribution in [3.05, 3.63) is 29.8 Å². The molecule has 1 heterocycles. The van der Waals surface area contributed by atoms with Crippen molar-refractivity contribution in [2.75, 3.05) is 13.7 Å². The van der Waals surface area contributed by atoms with E-state index < -0.39 is 0 Å². The van der Waals surface area contributed by atoms with Crippen LogP contribution in [0.25, 0.3) is 0 Å². The third-order valence-electron chi connectivity index (χ3n) is 1.66. The highest BCUT2D eigenvalue weighted by Crippen LogP contribution is 2.10. The van der Waals surface area contributed by atoms with Crippen LogP contribution in [0, 0.1) is 5.82 Å². The van der Waals surface area contributed by atoms with Crippen molar-refractivity contribution in [2.45, 2.75) is 6.04 Å². The largest absolute Gasteiger partial charge is 0.394 e. The van der Waals surface area contributed by atoms with Gasteiger partial charge in [-0.15, -0.1) is 0 Å². The molecule has 0 fully saturated rings. The van der Waals surface area contributed by atoms with Crippen molar-refractivity contribution in [3.8, 4) is 0 Å². The molecule has 0 saturated heterocycles. The second-order valence-electron chi connectivity index (χ2n) is 2.46. The van der Waals surface area contributed by atoms with Crippen LogP contribution < -0.4 is 5.32 Å². The molecule has 0 saturated carbocycles. The molecule has 0 amide bonds. The van der Waals surface area contributed by atoms with E-state index in [0.29, 0.717) is 5.56 Å². The molecule has 0 bridgehead atoms. The molecule has 0 unspecified atom stereocenters. The Bertz CT molecular complexity index is 251. The van der Waals surface area contributed by atoms with E-state index in [1.54, 1.807) is 7.05 Å². The third-order valence-corrected chi connectivity index (χ3v) is 1.66. The quantitative estimate of drug-likeness (QED) is 0.693. The number of halogens is 1. The van der Waals surface area contributed by atoms with Gasteiger partial charge < -0.3 is 10.4 Å². The number of aliphatic hydroxyl groups is 1. The summed E-state index contributed by atoms with van der Waals surface area (Å²) in [7, 11) is 1.70. The average Bonchev–Trinajstić information content (AvgIpc) is 2.07. The van der Waals surface area contributed by atoms with E-state index in [1.807, 2.05) is 0 Å². The van der Waals surface area contributed by atoms with E-state index in [-0.39, 0.29) is 18.5 Å². The maximum Gasteiger partial charge on any atom is 0.141 e. The predicted molar refractivity (Wildman–Crippen MR) is 43.1 cm³/mol. The lowest BCUT2D eigenvalue weighted by molar-refractivity contribution is 0.250. The van der Waals surface area contributed by atoms with E-state index in [2.05, 4.69) is 10.3 Å². The summed E-state index contributed by atoms with van der Waals surface area (Å²) in [4.78, 5) is 3.67. The van der Waals surface area contributed by atoms with Crippen LogP contribution >= 0.6 is 0 Å². The van der Waals surface area contributed by atoms with Crippen molar-refractivity contribution >= 4 is 0 Å². The summed E-state index contributed by atoms with van der Waals surface area (Å²) in [5.41, 5.74) is 0.653. The van der Waals surface area contributed by atoms with Crippen LogP contribution in [0.4, 0.5) is 4.39 Å². The van der Waals surface area contributed by atoms with E-state index in [9.17, 15) is 4.39 Å². The maximum absolute atomic E-state index is 12.6. The van der Waals surface area contributed by atoms with Crippen molar-refractivity contribution in [3.63, 3.8) is 0 Å². The predicted octanol–water partition coefficient (Wildman–Crippen LogP) is 0.474. The van der Waals surface area contributed by atoms with Gasteiger partial charge in [0, 0.05) is 6.20 Å². The lowest BCUT2D eigenvalue weighted by atomic mass is 10.1. The van der Waals surface area contributed by atoms with Crippen LogP contribution in [0.15, 0.2) is 18.5 Å².